The number of nitrogens with one attached hydrogen (secondary N) is 4. The van der Waals surface area contributed by atoms with Crippen LogP contribution in [0.4, 0.5) is 0 Å². The predicted molar refractivity (Wildman–Crippen MR) is 338 cm³/mol. The second-order valence-electron chi connectivity index (χ2n) is 26.8. The maximum Gasteiger partial charge on any atom is 0.157 e. The number of ether oxygens (including phenoxy) is 2. The molecule has 0 amide bonds. The van der Waals surface area contributed by atoms with Gasteiger partial charge in [-0.1, -0.05) is 143 Å². The summed E-state index contributed by atoms with van der Waals surface area (Å²) < 4.78 is 15.7. The number of nitrogens with zero attached hydrogens (tertiary/aromatic N) is 14. The number of benzene rings is 6. The molecule has 6 aromatic heterocycles. The molecule has 20 heteroatoms. The lowest BCUT2D eigenvalue weighted by molar-refractivity contribution is 0.159. The van der Waals surface area contributed by atoms with Gasteiger partial charge in [0.05, 0.1) is 0 Å². The standard InChI is InChI=1S/C67H66N18O2/c1-36-52(38-21-17-27-46-56(38)72-80-68-46)60(84-76-42-23-13-14-24-43(42)77-84)62(86-50-31-19-29-48-58(50)74-82-70-48)40(54(36)66(9,10)34-64(3,4)5)33-41-55(67(11,12)35-65(6,7)8)37(2)53(39-22-18-28-47-57(39)73-81-69-47)61(85-78-44-25-15-16-26-45(44)79-85)63(41)87-51-32-20-30-49-59(51)75-83-71-49/h13-32,54-55H,1-2,33-35H2,3-12H3,(H,68,72,80)(H,69,73,81)(H,70,74,82)(H,71,75,83). The van der Waals surface area contributed by atoms with Gasteiger partial charge in [-0.05, 0) is 124 Å². The van der Waals surface area contributed by atoms with Gasteiger partial charge in [0.2, 0.25) is 0 Å². The van der Waals surface area contributed by atoms with Crippen LogP contribution in [0.2, 0.25) is 0 Å². The van der Waals surface area contributed by atoms with Crippen LogP contribution in [0.25, 0.3) is 88.7 Å². The van der Waals surface area contributed by atoms with E-state index in [1.807, 2.05) is 109 Å². The molecular formula is C67H66N18O2. The topological polar surface area (TPSA) is 246 Å². The van der Waals surface area contributed by atoms with Gasteiger partial charge in [0.15, 0.2) is 34.1 Å². The van der Waals surface area contributed by atoms with Crippen molar-refractivity contribution >= 4 is 88.7 Å². The zero-order valence-electron chi connectivity index (χ0n) is 50.3. The maximum atomic E-state index is 7.85. The van der Waals surface area contributed by atoms with Crippen LogP contribution >= 0.6 is 0 Å². The van der Waals surface area contributed by atoms with Gasteiger partial charge in [0, 0.05) is 34.1 Å². The summed E-state index contributed by atoms with van der Waals surface area (Å²) in [5.41, 5.74) is 13.6. The van der Waals surface area contributed by atoms with Crippen LogP contribution < -0.4 is 9.47 Å². The fourth-order valence-corrected chi connectivity index (χ4v) is 14.5. The van der Waals surface area contributed by atoms with E-state index in [1.165, 1.54) is 0 Å². The Balaban J connectivity index is 1.18. The van der Waals surface area contributed by atoms with Gasteiger partial charge in [-0.3, -0.25) is 0 Å². The quantitative estimate of drug-likeness (QED) is 0.0791. The smallest absolute Gasteiger partial charge is 0.157 e. The number of aromatic amines is 4. The highest BCUT2D eigenvalue weighted by molar-refractivity contribution is 6.08. The third kappa shape index (κ3) is 9.55. The lowest BCUT2D eigenvalue weighted by Crippen LogP contribution is -2.38. The number of hydrogen-bond donors (Lipinski definition) is 4. The van der Waals surface area contributed by atoms with Gasteiger partial charge in [0.25, 0.3) is 0 Å². The summed E-state index contributed by atoms with van der Waals surface area (Å²) in [6, 6.07) is 39.2. The van der Waals surface area contributed by atoms with Crippen molar-refractivity contribution in [2.75, 3.05) is 0 Å². The summed E-state index contributed by atoms with van der Waals surface area (Å²) in [7, 11) is 0. The first-order valence-electron chi connectivity index (χ1n) is 29.2. The molecular weight excluding hydrogens is 1090 g/mol. The van der Waals surface area contributed by atoms with E-state index in [9.17, 15) is 0 Å². The van der Waals surface area contributed by atoms with Crippen LogP contribution in [0.1, 0.15) is 99.6 Å². The largest absolute Gasteiger partial charge is 0.453 e. The van der Waals surface area contributed by atoms with E-state index in [4.69, 9.17) is 63.4 Å². The van der Waals surface area contributed by atoms with Gasteiger partial charge in [-0.25, -0.2) is 0 Å². The Kier molecular flexibility index (Phi) is 12.7. The Morgan fingerprint density at radius 1 is 0.391 bits per heavy atom. The minimum absolute atomic E-state index is 0.180. The van der Waals surface area contributed by atoms with Crippen LogP contribution in [-0.4, -0.2) is 91.6 Å². The average Bonchev–Trinajstić information content (AvgIpc) is 1.44. The number of rotatable bonds is 14. The predicted octanol–water partition coefficient (Wildman–Crippen LogP) is 14.1. The van der Waals surface area contributed by atoms with Crippen LogP contribution in [-0.2, 0) is 0 Å². The maximum absolute atomic E-state index is 7.85. The number of fused-ring (bicyclic) bond motifs is 6. The highest BCUT2D eigenvalue weighted by Gasteiger charge is 2.50. The minimum Gasteiger partial charge on any atom is -0.453 e. The fraction of sp³-hybridized carbons (Fsp3) is 0.284. The number of H-pyrrole nitrogens is 4. The highest BCUT2D eigenvalue weighted by atomic mass is 16.5. The Labute approximate surface area is 500 Å². The van der Waals surface area contributed by atoms with Crippen LogP contribution in [0.3, 0.4) is 0 Å². The van der Waals surface area contributed by atoms with Crippen molar-refractivity contribution in [1.29, 1.82) is 0 Å². The number of aromatic nitrogens is 18. The van der Waals surface area contributed by atoms with Gasteiger partial charge in [-0.15, -0.1) is 30.0 Å². The van der Waals surface area contributed by atoms with E-state index < -0.39 is 22.7 Å². The van der Waals surface area contributed by atoms with Gasteiger partial charge in [0.1, 0.15) is 66.6 Å². The molecule has 0 saturated heterocycles. The molecule has 436 valence electrons. The van der Waals surface area contributed by atoms with Crippen molar-refractivity contribution in [1.82, 2.24) is 91.6 Å². The summed E-state index contributed by atoms with van der Waals surface area (Å²) >= 11 is 0. The first kappa shape index (κ1) is 54.7. The van der Waals surface area contributed by atoms with Crippen molar-refractivity contribution in [3.8, 4) is 11.5 Å². The van der Waals surface area contributed by atoms with Gasteiger partial charge < -0.3 is 9.47 Å². The monoisotopic (exact) mass is 1150 g/mol. The molecule has 87 heavy (non-hydrogen) atoms. The molecule has 6 heterocycles. The molecule has 0 aliphatic heterocycles. The van der Waals surface area contributed by atoms with Crippen LogP contribution in [0, 0.1) is 33.5 Å². The molecule has 0 radical (unpaired) electrons. The highest BCUT2D eigenvalue weighted by Crippen LogP contribution is 2.61. The Bertz CT molecular complexity index is 4530. The molecule has 2 unspecified atom stereocenters. The van der Waals surface area contributed by atoms with Crippen molar-refractivity contribution in [2.45, 2.75) is 88.5 Å². The van der Waals surface area contributed by atoms with Crippen molar-refractivity contribution < 1.29 is 9.47 Å². The lowest BCUT2D eigenvalue weighted by atomic mass is 9.57. The summed E-state index contributed by atoms with van der Waals surface area (Å²) in [5, 5.41) is 70.3. The molecule has 14 rings (SSSR count). The molecule has 12 aromatic rings. The zero-order valence-corrected chi connectivity index (χ0v) is 50.3. The van der Waals surface area contributed by atoms with E-state index in [1.54, 1.807) is 9.59 Å². The van der Waals surface area contributed by atoms with E-state index >= 15 is 0 Å². The van der Waals surface area contributed by atoms with Crippen molar-refractivity contribution in [3.63, 3.8) is 0 Å². The second-order valence-corrected chi connectivity index (χ2v) is 26.8. The molecule has 0 saturated carbocycles. The Morgan fingerprint density at radius 2 is 0.701 bits per heavy atom. The van der Waals surface area contributed by atoms with Gasteiger partial charge in [-0.2, -0.15) is 61.6 Å². The minimum atomic E-state index is -0.570. The van der Waals surface area contributed by atoms with E-state index in [0.717, 1.165) is 57.4 Å². The summed E-state index contributed by atoms with van der Waals surface area (Å²) in [4.78, 5) is 3.41. The number of allylic oxidation sites excluding steroid dienone is 8. The lowest BCUT2D eigenvalue weighted by Gasteiger charge is -2.48. The molecule has 0 fully saturated rings. The van der Waals surface area contributed by atoms with Crippen molar-refractivity contribution in [3.05, 3.63) is 179 Å². The van der Waals surface area contributed by atoms with E-state index in [2.05, 4.69) is 123 Å². The fourth-order valence-electron chi connectivity index (χ4n) is 14.5. The molecule has 0 bridgehead atoms. The summed E-state index contributed by atoms with van der Waals surface area (Å²) in [6.07, 6.45) is 1.71. The zero-order chi connectivity index (χ0) is 60.3. The summed E-state index contributed by atoms with van der Waals surface area (Å²) in [5.74, 6) is 0.915. The first-order chi connectivity index (χ1) is 41.7. The third-order valence-electron chi connectivity index (χ3n) is 16.7. The average molecular weight is 1160 g/mol. The molecule has 20 nitrogen and oxygen atoms in total. The Hall–Kier alpha value is -10.2. The molecule has 2 atom stereocenters. The van der Waals surface area contributed by atoms with Crippen LogP contribution in [0.15, 0.2) is 168 Å². The normalized spacial score (nSPS) is 16.9. The summed E-state index contributed by atoms with van der Waals surface area (Å²) in [6.45, 7) is 33.6. The van der Waals surface area contributed by atoms with E-state index in [-0.39, 0.29) is 17.3 Å². The molecule has 6 aromatic carbocycles. The second kappa shape index (κ2) is 20.2. The van der Waals surface area contributed by atoms with E-state index in [0.29, 0.717) is 101 Å². The molecule has 2 aliphatic carbocycles. The Morgan fingerprint density at radius 3 is 1.05 bits per heavy atom. The van der Waals surface area contributed by atoms with Crippen LogP contribution in [0.5, 0.6) is 11.5 Å². The number of hydrogen-bond acceptors (Lipinski definition) is 14. The first-order valence-corrected chi connectivity index (χ1v) is 29.2. The number of para-hydroxylation sites is 4. The van der Waals surface area contributed by atoms with Gasteiger partial charge >= 0.3 is 0 Å². The van der Waals surface area contributed by atoms with Crippen molar-refractivity contribution in [2.24, 2.45) is 33.5 Å². The molecule has 0 spiro atoms. The molecule has 2 aliphatic rings. The SMILES string of the molecule is C=C1C(c2cccc3n[nH]nc23)=C(n2nc3ccccc3n2)C(Oc2cccc3n[nH]nc23)=C(CC2=C(Oc3cccc4n[nH]nc34)C(n3nc4ccccc4n3)=C(c3cccc4n[nH]nc34)C(=C)C2C(C)(C)CC(C)(C)C)C1C(C)(C)CC(C)(C)C. The third-order valence-corrected chi connectivity index (χ3v) is 16.7. The molecule has 4 N–H and O–H groups in total.